The molecular formula is C19H20N4. The summed E-state index contributed by atoms with van der Waals surface area (Å²) in [5, 5.41) is 6.62. The molecule has 0 bridgehead atoms. The third-order valence-corrected chi connectivity index (χ3v) is 3.54. The number of aromatic nitrogens is 2. The second kappa shape index (κ2) is 6.48. The fourth-order valence-corrected chi connectivity index (χ4v) is 2.39. The highest BCUT2D eigenvalue weighted by molar-refractivity contribution is 5.62. The first-order valence-corrected chi connectivity index (χ1v) is 7.62. The quantitative estimate of drug-likeness (QED) is 0.720. The van der Waals surface area contributed by atoms with Gasteiger partial charge in [-0.15, -0.1) is 0 Å². The molecule has 0 unspecified atom stereocenters. The fourth-order valence-electron chi connectivity index (χ4n) is 2.39. The van der Waals surface area contributed by atoms with Crippen molar-refractivity contribution in [2.24, 2.45) is 0 Å². The molecule has 2 aromatic carbocycles. The Balaban J connectivity index is 1.86. The van der Waals surface area contributed by atoms with E-state index in [0.717, 1.165) is 22.9 Å². The summed E-state index contributed by atoms with van der Waals surface area (Å²) in [7, 11) is 0. The maximum absolute atomic E-state index is 4.56. The molecule has 2 N–H and O–H groups in total. The Kier molecular flexibility index (Phi) is 4.24. The maximum atomic E-state index is 4.56. The Morgan fingerprint density at radius 2 is 1.61 bits per heavy atom. The average molecular weight is 304 g/mol. The van der Waals surface area contributed by atoms with Crippen LogP contribution in [0.3, 0.4) is 0 Å². The molecule has 0 radical (unpaired) electrons. The van der Waals surface area contributed by atoms with Crippen LogP contribution in [0.5, 0.6) is 0 Å². The molecule has 3 aromatic rings. The van der Waals surface area contributed by atoms with Crippen LogP contribution in [0, 0.1) is 20.8 Å². The zero-order chi connectivity index (χ0) is 16.2. The Morgan fingerprint density at radius 3 is 2.39 bits per heavy atom. The van der Waals surface area contributed by atoms with Gasteiger partial charge in [0.2, 0.25) is 5.95 Å². The van der Waals surface area contributed by atoms with Crippen LogP contribution in [0.4, 0.5) is 23.1 Å². The summed E-state index contributed by atoms with van der Waals surface area (Å²) >= 11 is 0. The number of anilines is 4. The van der Waals surface area contributed by atoms with Gasteiger partial charge in [-0.05, 0) is 50.1 Å². The van der Waals surface area contributed by atoms with Crippen molar-refractivity contribution in [1.82, 2.24) is 9.97 Å². The summed E-state index contributed by atoms with van der Waals surface area (Å²) in [5.74, 6) is 1.37. The third kappa shape index (κ3) is 3.86. The Morgan fingerprint density at radius 1 is 0.783 bits per heavy atom. The first-order valence-electron chi connectivity index (χ1n) is 7.62. The normalized spacial score (nSPS) is 10.4. The van der Waals surface area contributed by atoms with Gasteiger partial charge in [0, 0.05) is 23.1 Å². The van der Waals surface area contributed by atoms with Crippen LogP contribution >= 0.6 is 0 Å². The second-order valence-corrected chi connectivity index (χ2v) is 5.65. The first-order chi connectivity index (χ1) is 11.1. The number of nitrogens with one attached hydrogen (secondary N) is 2. The number of benzene rings is 2. The molecule has 1 aromatic heterocycles. The molecule has 0 saturated carbocycles. The van der Waals surface area contributed by atoms with E-state index < -0.39 is 0 Å². The minimum atomic E-state index is 0.590. The highest BCUT2D eigenvalue weighted by Gasteiger charge is 2.05. The molecular weight excluding hydrogens is 284 g/mol. The molecule has 0 spiro atoms. The van der Waals surface area contributed by atoms with E-state index in [9.17, 15) is 0 Å². The number of hydrogen-bond donors (Lipinski definition) is 2. The number of aryl methyl sites for hydroxylation is 3. The molecule has 23 heavy (non-hydrogen) atoms. The average Bonchev–Trinajstić information content (AvgIpc) is 2.49. The summed E-state index contributed by atoms with van der Waals surface area (Å²) < 4.78 is 0. The van der Waals surface area contributed by atoms with E-state index in [4.69, 9.17) is 0 Å². The van der Waals surface area contributed by atoms with Crippen molar-refractivity contribution in [3.05, 3.63) is 71.4 Å². The zero-order valence-electron chi connectivity index (χ0n) is 13.6. The van der Waals surface area contributed by atoms with Gasteiger partial charge in [0.1, 0.15) is 5.82 Å². The molecule has 1 heterocycles. The molecule has 0 fully saturated rings. The standard InChI is InChI=1S/C19H20N4/c1-13-7-6-9-16(11-13)21-19-20-15(3)12-18(23-19)22-17-10-5-4-8-14(17)2/h4-12H,1-3H3,(H2,20,21,22,23). The second-order valence-electron chi connectivity index (χ2n) is 5.65. The van der Waals surface area contributed by atoms with E-state index in [2.05, 4.69) is 52.6 Å². The van der Waals surface area contributed by atoms with Gasteiger partial charge in [-0.2, -0.15) is 4.98 Å². The van der Waals surface area contributed by atoms with Gasteiger partial charge >= 0.3 is 0 Å². The lowest BCUT2D eigenvalue weighted by Gasteiger charge is -2.11. The first kappa shape index (κ1) is 15.0. The largest absolute Gasteiger partial charge is 0.340 e. The molecule has 0 amide bonds. The fraction of sp³-hybridized carbons (Fsp3) is 0.158. The van der Waals surface area contributed by atoms with Crippen molar-refractivity contribution < 1.29 is 0 Å². The molecule has 3 rings (SSSR count). The monoisotopic (exact) mass is 304 g/mol. The summed E-state index contributed by atoms with van der Waals surface area (Å²) in [5.41, 5.74) is 5.31. The van der Waals surface area contributed by atoms with Crippen molar-refractivity contribution in [1.29, 1.82) is 0 Å². The van der Waals surface area contributed by atoms with E-state index in [1.807, 2.05) is 43.3 Å². The predicted molar refractivity (Wildman–Crippen MR) is 95.7 cm³/mol. The van der Waals surface area contributed by atoms with E-state index in [0.29, 0.717) is 5.95 Å². The van der Waals surface area contributed by atoms with Gasteiger partial charge < -0.3 is 10.6 Å². The number of hydrogen-bond acceptors (Lipinski definition) is 4. The molecule has 4 nitrogen and oxygen atoms in total. The van der Waals surface area contributed by atoms with Crippen LogP contribution in [0.2, 0.25) is 0 Å². The van der Waals surface area contributed by atoms with Crippen LogP contribution in [0.25, 0.3) is 0 Å². The van der Waals surface area contributed by atoms with E-state index >= 15 is 0 Å². The van der Waals surface area contributed by atoms with Gasteiger partial charge in [0.05, 0.1) is 0 Å². The van der Waals surface area contributed by atoms with Crippen LogP contribution in [0.1, 0.15) is 16.8 Å². The van der Waals surface area contributed by atoms with Crippen molar-refractivity contribution >= 4 is 23.1 Å². The molecule has 116 valence electrons. The van der Waals surface area contributed by atoms with Gasteiger partial charge in [-0.25, -0.2) is 4.98 Å². The van der Waals surface area contributed by atoms with Crippen LogP contribution in [-0.2, 0) is 0 Å². The predicted octanol–water partition coefficient (Wildman–Crippen LogP) is 4.89. The summed E-state index contributed by atoms with van der Waals surface area (Å²) in [4.78, 5) is 9.02. The Bertz CT molecular complexity index is 827. The van der Waals surface area contributed by atoms with Gasteiger partial charge in [0.15, 0.2) is 0 Å². The van der Waals surface area contributed by atoms with Crippen LogP contribution < -0.4 is 10.6 Å². The van der Waals surface area contributed by atoms with Crippen molar-refractivity contribution in [2.45, 2.75) is 20.8 Å². The molecule has 0 atom stereocenters. The molecule has 0 aliphatic heterocycles. The SMILES string of the molecule is Cc1cccc(Nc2nc(C)cc(Nc3ccccc3C)n2)c1. The summed E-state index contributed by atoms with van der Waals surface area (Å²) in [6.07, 6.45) is 0. The smallest absolute Gasteiger partial charge is 0.229 e. The van der Waals surface area contributed by atoms with Gasteiger partial charge in [-0.1, -0.05) is 30.3 Å². The van der Waals surface area contributed by atoms with Crippen molar-refractivity contribution in [3.8, 4) is 0 Å². The highest BCUT2D eigenvalue weighted by atomic mass is 15.1. The Hall–Kier alpha value is -2.88. The van der Waals surface area contributed by atoms with Gasteiger partial charge in [0.25, 0.3) is 0 Å². The topological polar surface area (TPSA) is 49.8 Å². The summed E-state index contributed by atoms with van der Waals surface area (Å²) in [6.45, 7) is 6.10. The lowest BCUT2D eigenvalue weighted by molar-refractivity contribution is 1.11. The van der Waals surface area contributed by atoms with Crippen LogP contribution in [0.15, 0.2) is 54.6 Å². The molecule has 0 aliphatic rings. The zero-order valence-corrected chi connectivity index (χ0v) is 13.6. The van der Waals surface area contributed by atoms with E-state index in [1.54, 1.807) is 0 Å². The van der Waals surface area contributed by atoms with E-state index in [-0.39, 0.29) is 0 Å². The Labute approximate surface area is 136 Å². The minimum Gasteiger partial charge on any atom is -0.340 e. The van der Waals surface area contributed by atoms with E-state index in [1.165, 1.54) is 11.1 Å². The highest BCUT2D eigenvalue weighted by Crippen LogP contribution is 2.21. The molecule has 4 heteroatoms. The number of rotatable bonds is 4. The van der Waals surface area contributed by atoms with Crippen molar-refractivity contribution in [2.75, 3.05) is 10.6 Å². The molecule has 0 saturated heterocycles. The number of nitrogens with zero attached hydrogens (tertiary/aromatic N) is 2. The van der Waals surface area contributed by atoms with Gasteiger partial charge in [-0.3, -0.25) is 0 Å². The van der Waals surface area contributed by atoms with Crippen LogP contribution in [-0.4, -0.2) is 9.97 Å². The maximum Gasteiger partial charge on any atom is 0.229 e. The minimum absolute atomic E-state index is 0.590. The third-order valence-electron chi connectivity index (χ3n) is 3.54. The lowest BCUT2D eigenvalue weighted by Crippen LogP contribution is -2.03. The number of para-hydroxylation sites is 1. The molecule has 0 aliphatic carbocycles. The lowest BCUT2D eigenvalue weighted by atomic mass is 10.2. The van der Waals surface area contributed by atoms with Crippen molar-refractivity contribution in [3.63, 3.8) is 0 Å². The summed E-state index contributed by atoms with van der Waals surface area (Å²) in [6, 6.07) is 18.2.